The Morgan fingerprint density at radius 3 is 2.79 bits per heavy atom. The van der Waals surface area contributed by atoms with Gasteiger partial charge in [-0.25, -0.2) is 0 Å². The third-order valence-electron chi connectivity index (χ3n) is 3.52. The van der Waals surface area contributed by atoms with Crippen LogP contribution in [-0.2, 0) is 7.05 Å². The molecule has 7 nitrogen and oxygen atoms in total. The lowest BCUT2D eigenvalue weighted by Gasteiger charge is -2.30. The fourth-order valence-electron chi connectivity index (χ4n) is 2.63. The van der Waals surface area contributed by atoms with Crippen molar-refractivity contribution in [2.45, 2.75) is 26.7 Å². The van der Waals surface area contributed by atoms with Crippen LogP contribution in [0, 0.1) is 23.0 Å². The molecule has 1 aliphatic heterocycles. The number of aromatic nitrogens is 2. The lowest BCUT2D eigenvalue weighted by molar-refractivity contribution is -0.385. The molecule has 0 bridgehead atoms. The molecule has 1 saturated heterocycles. The molecule has 0 radical (unpaired) electrons. The number of carbonyl (C=O) groups is 1. The van der Waals surface area contributed by atoms with Crippen LogP contribution < -0.4 is 0 Å². The number of likely N-dealkylation sites (tertiary alicyclic amines) is 1. The zero-order valence-electron chi connectivity index (χ0n) is 11.4. The van der Waals surface area contributed by atoms with Crippen molar-refractivity contribution >= 4 is 11.6 Å². The molecule has 7 heteroatoms. The minimum atomic E-state index is -0.525. The van der Waals surface area contributed by atoms with Crippen LogP contribution in [0.2, 0.25) is 0 Å². The zero-order chi connectivity index (χ0) is 14.2. The first-order chi connectivity index (χ1) is 8.91. The van der Waals surface area contributed by atoms with E-state index in [2.05, 4.69) is 12.0 Å². The van der Waals surface area contributed by atoms with Gasteiger partial charge in [-0.1, -0.05) is 6.92 Å². The van der Waals surface area contributed by atoms with Crippen LogP contribution in [0.5, 0.6) is 0 Å². The van der Waals surface area contributed by atoms with Gasteiger partial charge in [0.1, 0.15) is 5.69 Å². The van der Waals surface area contributed by atoms with E-state index in [0.717, 1.165) is 12.8 Å². The van der Waals surface area contributed by atoms with Crippen LogP contribution in [-0.4, -0.2) is 38.6 Å². The lowest BCUT2D eigenvalue weighted by Crippen LogP contribution is -2.40. The number of rotatable bonds is 2. The smallest absolute Gasteiger partial charge is 0.322 e. The van der Waals surface area contributed by atoms with Crippen molar-refractivity contribution < 1.29 is 9.72 Å². The molecule has 0 unspecified atom stereocenters. The summed E-state index contributed by atoms with van der Waals surface area (Å²) < 4.78 is 1.31. The van der Waals surface area contributed by atoms with Crippen molar-refractivity contribution in [2.75, 3.05) is 13.1 Å². The van der Waals surface area contributed by atoms with Gasteiger partial charge >= 0.3 is 5.69 Å². The van der Waals surface area contributed by atoms with Gasteiger partial charge in [0.2, 0.25) is 5.69 Å². The number of nitro groups is 1. The summed E-state index contributed by atoms with van der Waals surface area (Å²) in [6, 6.07) is 0. The fourth-order valence-corrected chi connectivity index (χ4v) is 2.63. The molecule has 0 aliphatic carbocycles. The number of aryl methyl sites for hydroxylation is 2. The highest BCUT2D eigenvalue weighted by molar-refractivity contribution is 5.97. The molecule has 1 aromatic heterocycles. The Balaban J connectivity index is 2.35. The van der Waals surface area contributed by atoms with E-state index in [1.54, 1.807) is 18.9 Å². The number of hydrogen-bond acceptors (Lipinski definition) is 4. The Labute approximate surface area is 111 Å². The average molecular weight is 266 g/mol. The lowest BCUT2D eigenvalue weighted by atomic mass is 10.00. The van der Waals surface area contributed by atoms with Crippen molar-refractivity contribution in [3.63, 3.8) is 0 Å². The van der Waals surface area contributed by atoms with Crippen LogP contribution in [0.3, 0.4) is 0 Å². The predicted molar refractivity (Wildman–Crippen MR) is 68.9 cm³/mol. The second-order valence-electron chi connectivity index (χ2n) is 5.16. The maximum Gasteiger partial charge on any atom is 0.322 e. The maximum atomic E-state index is 12.5. The Bertz CT molecular complexity index is 523. The average Bonchev–Trinajstić information content (AvgIpc) is 2.63. The number of nitrogens with zero attached hydrogens (tertiary/aromatic N) is 4. The van der Waals surface area contributed by atoms with E-state index < -0.39 is 4.92 Å². The summed E-state index contributed by atoms with van der Waals surface area (Å²) in [4.78, 5) is 24.7. The highest BCUT2D eigenvalue weighted by Gasteiger charge is 2.33. The fraction of sp³-hybridized carbons (Fsp3) is 0.667. The monoisotopic (exact) mass is 266 g/mol. The number of piperidine rings is 1. The van der Waals surface area contributed by atoms with Gasteiger partial charge in [-0.3, -0.25) is 19.6 Å². The second-order valence-corrected chi connectivity index (χ2v) is 5.16. The Morgan fingerprint density at radius 1 is 1.53 bits per heavy atom. The van der Waals surface area contributed by atoms with Crippen molar-refractivity contribution in [3.05, 3.63) is 21.5 Å². The third-order valence-corrected chi connectivity index (χ3v) is 3.52. The molecule has 1 fully saturated rings. The van der Waals surface area contributed by atoms with Gasteiger partial charge in [0.15, 0.2) is 0 Å². The van der Waals surface area contributed by atoms with Gasteiger partial charge < -0.3 is 4.90 Å². The van der Waals surface area contributed by atoms with Gasteiger partial charge in [0, 0.05) is 20.1 Å². The van der Waals surface area contributed by atoms with Gasteiger partial charge in [0.25, 0.3) is 5.91 Å². The molecule has 1 atom stereocenters. The number of carbonyl (C=O) groups excluding carboxylic acids is 1. The summed E-state index contributed by atoms with van der Waals surface area (Å²) in [7, 11) is 1.57. The van der Waals surface area contributed by atoms with E-state index in [4.69, 9.17) is 0 Å². The summed E-state index contributed by atoms with van der Waals surface area (Å²) in [5.41, 5.74) is 0.184. The molecule has 104 valence electrons. The van der Waals surface area contributed by atoms with E-state index in [0.29, 0.717) is 19.0 Å². The first-order valence-electron chi connectivity index (χ1n) is 6.39. The summed E-state index contributed by atoms with van der Waals surface area (Å²) >= 11 is 0. The Hall–Kier alpha value is -1.92. The molecule has 1 amide bonds. The second kappa shape index (κ2) is 4.99. The molecule has 0 saturated carbocycles. The van der Waals surface area contributed by atoms with Crippen LogP contribution in [0.15, 0.2) is 0 Å². The van der Waals surface area contributed by atoms with Crippen LogP contribution in [0.4, 0.5) is 5.69 Å². The molecule has 0 N–H and O–H groups in total. The largest absolute Gasteiger partial charge is 0.337 e. The Morgan fingerprint density at radius 2 is 2.21 bits per heavy atom. The van der Waals surface area contributed by atoms with Gasteiger partial charge in [-0.2, -0.15) is 5.10 Å². The van der Waals surface area contributed by atoms with Crippen molar-refractivity contribution in [2.24, 2.45) is 13.0 Å². The summed E-state index contributed by atoms with van der Waals surface area (Å²) in [5.74, 6) is 0.146. The molecule has 1 aromatic rings. The van der Waals surface area contributed by atoms with Crippen LogP contribution in [0.1, 0.15) is 35.9 Å². The number of amides is 1. The molecule has 0 spiro atoms. The molecule has 0 aromatic carbocycles. The summed E-state index contributed by atoms with van der Waals surface area (Å²) in [5, 5.41) is 15.1. The molecule has 2 rings (SSSR count). The Kier molecular flexibility index (Phi) is 3.55. The topological polar surface area (TPSA) is 81.3 Å². The molecular weight excluding hydrogens is 248 g/mol. The molecule has 1 aliphatic rings. The standard InChI is InChI=1S/C12H18N4O3/c1-8-5-4-6-15(7-8)12(17)11-10(16(18)19)9(2)13-14(11)3/h8H,4-7H2,1-3H3/t8-/m0/s1. The van der Waals surface area contributed by atoms with Crippen molar-refractivity contribution in [3.8, 4) is 0 Å². The summed E-state index contributed by atoms with van der Waals surface area (Å²) in [6.45, 7) is 4.95. The van der Waals surface area contributed by atoms with E-state index in [9.17, 15) is 14.9 Å². The van der Waals surface area contributed by atoms with E-state index >= 15 is 0 Å². The minimum Gasteiger partial charge on any atom is -0.337 e. The SMILES string of the molecule is Cc1nn(C)c(C(=O)N2CCC[C@H](C)C2)c1[N+](=O)[O-]. The van der Waals surface area contributed by atoms with Gasteiger partial charge in [0.05, 0.1) is 4.92 Å². The first kappa shape index (κ1) is 13.5. The van der Waals surface area contributed by atoms with E-state index in [-0.39, 0.29) is 23.0 Å². The molecule has 2 heterocycles. The maximum absolute atomic E-state index is 12.5. The quantitative estimate of drug-likeness (QED) is 0.600. The predicted octanol–water partition coefficient (Wildman–Crippen LogP) is 1.51. The van der Waals surface area contributed by atoms with Gasteiger partial charge in [-0.05, 0) is 25.7 Å². The third kappa shape index (κ3) is 2.45. The van der Waals surface area contributed by atoms with Crippen LogP contribution in [0.25, 0.3) is 0 Å². The first-order valence-corrected chi connectivity index (χ1v) is 6.39. The van der Waals surface area contributed by atoms with E-state index in [1.165, 1.54) is 4.68 Å². The van der Waals surface area contributed by atoms with Crippen molar-refractivity contribution in [1.29, 1.82) is 0 Å². The normalized spacial score (nSPS) is 19.5. The van der Waals surface area contributed by atoms with E-state index in [1.807, 2.05) is 0 Å². The highest BCUT2D eigenvalue weighted by atomic mass is 16.6. The molecule has 19 heavy (non-hydrogen) atoms. The zero-order valence-corrected chi connectivity index (χ0v) is 11.4. The minimum absolute atomic E-state index is 0.0802. The summed E-state index contributed by atoms with van der Waals surface area (Å²) in [6.07, 6.45) is 2.04. The van der Waals surface area contributed by atoms with Crippen LogP contribution >= 0.6 is 0 Å². The molecular formula is C12H18N4O3. The van der Waals surface area contributed by atoms with Crippen molar-refractivity contribution in [1.82, 2.24) is 14.7 Å². The highest BCUT2D eigenvalue weighted by Crippen LogP contribution is 2.25. The number of hydrogen-bond donors (Lipinski definition) is 0. The van der Waals surface area contributed by atoms with Gasteiger partial charge in [-0.15, -0.1) is 0 Å².